The predicted octanol–water partition coefficient (Wildman–Crippen LogP) is 1.90. The van der Waals surface area contributed by atoms with Crippen LogP contribution in [0.15, 0.2) is 23.1 Å². The van der Waals surface area contributed by atoms with Gasteiger partial charge < -0.3 is 5.73 Å². The summed E-state index contributed by atoms with van der Waals surface area (Å²) in [6.45, 7) is 6.58. The molecule has 0 heterocycles. The summed E-state index contributed by atoms with van der Waals surface area (Å²) in [5.74, 6) is 0.439. The van der Waals surface area contributed by atoms with Crippen molar-refractivity contribution in [2.45, 2.75) is 32.1 Å². The molecule has 1 aromatic rings. The van der Waals surface area contributed by atoms with Crippen molar-refractivity contribution >= 4 is 15.7 Å². The highest BCUT2D eigenvalue weighted by Crippen LogP contribution is 2.51. The summed E-state index contributed by atoms with van der Waals surface area (Å²) in [5.41, 5.74) is 7.09. The minimum Gasteiger partial charge on any atom is -0.399 e. The molecule has 1 aromatic carbocycles. The molecule has 0 bridgehead atoms. The SMILES string of the molecule is Cc1ccc(N)cc1S(=O)(=O)NCC1CC1(C)C. The van der Waals surface area contributed by atoms with Crippen LogP contribution >= 0.6 is 0 Å². The van der Waals surface area contributed by atoms with E-state index in [1.807, 2.05) is 0 Å². The van der Waals surface area contributed by atoms with E-state index in [1.54, 1.807) is 19.1 Å². The first-order chi connectivity index (χ1) is 8.22. The summed E-state index contributed by atoms with van der Waals surface area (Å²) >= 11 is 0. The second-order valence-corrected chi connectivity index (χ2v) is 7.50. The quantitative estimate of drug-likeness (QED) is 0.819. The van der Waals surface area contributed by atoms with Crippen LogP contribution in [0.3, 0.4) is 0 Å². The fraction of sp³-hybridized carbons (Fsp3) is 0.538. The molecule has 0 radical (unpaired) electrons. The Kier molecular flexibility index (Phi) is 3.15. The summed E-state index contributed by atoms with van der Waals surface area (Å²) in [7, 11) is -3.45. The van der Waals surface area contributed by atoms with Crippen LogP contribution in [0.1, 0.15) is 25.8 Å². The minimum absolute atomic E-state index is 0.271. The van der Waals surface area contributed by atoms with Crippen molar-refractivity contribution in [3.8, 4) is 0 Å². The predicted molar refractivity (Wildman–Crippen MR) is 72.7 cm³/mol. The molecule has 3 N–H and O–H groups in total. The van der Waals surface area contributed by atoms with E-state index in [2.05, 4.69) is 18.6 Å². The second kappa shape index (κ2) is 4.24. The highest BCUT2D eigenvalue weighted by Gasteiger charge is 2.45. The molecule has 5 heteroatoms. The number of nitrogens with two attached hydrogens (primary N) is 1. The molecule has 0 amide bonds. The van der Waals surface area contributed by atoms with E-state index in [9.17, 15) is 8.42 Å². The van der Waals surface area contributed by atoms with Gasteiger partial charge in [-0.1, -0.05) is 19.9 Å². The average Bonchev–Trinajstić information content (AvgIpc) is 2.87. The number of nitrogen functional groups attached to an aromatic ring is 1. The van der Waals surface area contributed by atoms with Gasteiger partial charge in [0.25, 0.3) is 0 Å². The maximum absolute atomic E-state index is 12.2. The molecule has 1 aliphatic rings. The molecule has 2 rings (SSSR count). The van der Waals surface area contributed by atoms with Gasteiger partial charge in [-0.3, -0.25) is 0 Å². The number of sulfonamides is 1. The van der Waals surface area contributed by atoms with E-state index in [0.29, 0.717) is 23.7 Å². The monoisotopic (exact) mass is 268 g/mol. The van der Waals surface area contributed by atoms with Crippen molar-refractivity contribution in [3.05, 3.63) is 23.8 Å². The van der Waals surface area contributed by atoms with E-state index < -0.39 is 10.0 Å². The Morgan fingerprint density at radius 2 is 2.06 bits per heavy atom. The van der Waals surface area contributed by atoms with Crippen molar-refractivity contribution in [3.63, 3.8) is 0 Å². The number of benzene rings is 1. The van der Waals surface area contributed by atoms with Gasteiger partial charge >= 0.3 is 0 Å². The first-order valence-electron chi connectivity index (χ1n) is 6.08. The highest BCUT2D eigenvalue weighted by atomic mass is 32.2. The van der Waals surface area contributed by atoms with Gasteiger partial charge in [-0.2, -0.15) is 0 Å². The third-order valence-electron chi connectivity index (χ3n) is 3.74. The standard InChI is InChI=1S/C13H20N2O2S/c1-9-4-5-11(14)6-12(9)18(16,17)15-8-10-7-13(10,2)3/h4-6,10,15H,7-8,14H2,1-3H3. The summed E-state index contributed by atoms with van der Waals surface area (Å²) in [5, 5.41) is 0. The van der Waals surface area contributed by atoms with Gasteiger partial charge in [0.05, 0.1) is 4.90 Å². The van der Waals surface area contributed by atoms with Crippen LogP contribution in [0.2, 0.25) is 0 Å². The Morgan fingerprint density at radius 3 is 2.61 bits per heavy atom. The Hall–Kier alpha value is -1.07. The molecule has 0 saturated heterocycles. The molecule has 18 heavy (non-hydrogen) atoms. The van der Waals surface area contributed by atoms with Gasteiger partial charge in [-0.25, -0.2) is 13.1 Å². The van der Waals surface area contributed by atoms with Crippen LogP contribution in [0.4, 0.5) is 5.69 Å². The van der Waals surface area contributed by atoms with Crippen LogP contribution in [-0.4, -0.2) is 15.0 Å². The van der Waals surface area contributed by atoms with Crippen LogP contribution < -0.4 is 10.5 Å². The smallest absolute Gasteiger partial charge is 0.240 e. The summed E-state index contributed by atoms with van der Waals surface area (Å²) < 4.78 is 27.0. The number of nitrogens with one attached hydrogen (secondary N) is 1. The largest absolute Gasteiger partial charge is 0.399 e. The average molecular weight is 268 g/mol. The Bertz CT molecular complexity index is 564. The molecule has 1 atom stereocenters. The lowest BCUT2D eigenvalue weighted by Gasteiger charge is -2.10. The molecular weight excluding hydrogens is 248 g/mol. The minimum atomic E-state index is -3.45. The molecule has 0 spiro atoms. The molecule has 0 aromatic heterocycles. The molecule has 1 fully saturated rings. The third kappa shape index (κ3) is 2.67. The van der Waals surface area contributed by atoms with Crippen LogP contribution in [0.25, 0.3) is 0 Å². The summed E-state index contributed by atoms with van der Waals surface area (Å²) in [6.07, 6.45) is 1.07. The third-order valence-corrected chi connectivity index (χ3v) is 5.30. The van der Waals surface area contributed by atoms with E-state index >= 15 is 0 Å². The number of hydrogen-bond donors (Lipinski definition) is 2. The molecule has 4 nitrogen and oxygen atoms in total. The van der Waals surface area contributed by atoms with Gasteiger partial charge in [0.2, 0.25) is 10.0 Å². The van der Waals surface area contributed by atoms with E-state index in [1.165, 1.54) is 6.07 Å². The Morgan fingerprint density at radius 1 is 1.44 bits per heavy atom. The van der Waals surface area contributed by atoms with Crippen LogP contribution in [0.5, 0.6) is 0 Å². The lowest BCUT2D eigenvalue weighted by Crippen LogP contribution is -2.27. The fourth-order valence-corrected chi connectivity index (χ4v) is 3.48. The van der Waals surface area contributed by atoms with E-state index in [4.69, 9.17) is 5.73 Å². The molecular formula is C13H20N2O2S. The topological polar surface area (TPSA) is 72.2 Å². The molecule has 1 aliphatic carbocycles. The molecule has 100 valence electrons. The zero-order chi connectivity index (χ0) is 13.6. The first kappa shape index (κ1) is 13.4. The van der Waals surface area contributed by atoms with Gasteiger partial charge in [-0.05, 0) is 42.4 Å². The Labute approximate surface area is 109 Å². The van der Waals surface area contributed by atoms with E-state index in [0.717, 1.165) is 6.42 Å². The lowest BCUT2D eigenvalue weighted by atomic mass is 10.1. The summed E-state index contributed by atoms with van der Waals surface area (Å²) in [4.78, 5) is 0.279. The highest BCUT2D eigenvalue weighted by molar-refractivity contribution is 7.89. The lowest BCUT2D eigenvalue weighted by molar-refractivity contribution is 0.537. The van der Waals surface area contributed by atoms with Gasteiger partial charge in [0.15, 0.2) is 0 Å². The normalized spacial score (nSPS) is 21.8. The Balaban J connectivity index is 2.13. The maximum Gasteiger partial charge on any atom is 0.240 e. The molecule has 1 unspecified atom stereocenters. The second-order valence-electron chi connectivity index (χ2n) is 5.77. The van der Waals surface area contributed by atoms with Gasteiger partial charge in [-0.15, -0.1) is 0 Å². The van der Waals surface area contributed by atoms with Gasteiger partial charge in [0, 0.05) is 12.2 Å². The summed E-state index contributed by atoms with van der Waals surface area (Å²) in [6, 6.07) is 4.94. The van der Waals surface area contributed by atoms with Crippen molar-refractivity contribution in [2.75, 3.05) is 12.3 Å². The first-order valence-corrected chi connectivity index (χ1v) is 7.56. The van der Waals surface area contributed by atoms with Crippen molar-refractivity contribution in [1.82, 2.24) is 4.72 Å². The maximum atomic E-state index is 12.2. The van der Waals surface area contributed by atoms with Crippen molar-refractivity contribution < 1.29 is 8.42 Å². The number of anilines is 1. The zero-order valence-corrected chi connectivity index (χ0v) is 11.8. The van der Waals surface area contributed by atoms with Crippen molar-refractivity contribution in [2.24, 2.45) is 11.3 Å². The van der Waals surface area contributed by atoms with Crippen molar-refractivity contribution in [1.29, 1.82) is 0 Å². The van der Waals surface area contributed by atoms with Crippen LogP contribution in [-0.2, 0) is 10.0 Å². The van der Waals surface area contributed by atoms with Gasteiger partial charge in [0.1, 0.15) is 0 Å². The molecule has 1 saturated carbocycles. The fourth-order valence-electron chi connectivity index (χ4n) is 2.12. The number of rotatable bonds is 4. The number of aryl methyl sites for hydroxylation is 1. The van der Waals surface area contributed by atoms with Crippen LogP contribution in [0, 0.1) is 18.3 Å². The molecule has 0 aliphatic heterocycles. The number of hydrogen-bond acceptors (Lipinski definition) is 3. The van der Waals surface area contributed by atoms with E-state index in [-0.39, 0.29) is 10.3 Å². The zero-order valence-electron chi connectivity index (χ0n) is 11.0.